The van der Waals surface area contributed by atoms with Crippen LogP contribution in [-0.4, -0.2) is 60.2 Å². The molecule has 1 amide bonds. The first-order valence-corrected chi connectivity index (χ1v) is 14.7. The number of hydrogen-bond acceptors (Lipinski definition) is 7. The molecule has 0 spiro atoms. The van der Waals surface area contributed by atoms with Crippen LogP contribution in [0.2, 0.25) is 5.02 Å². The van der Waals surface area contributed by atoms with Gasteiger partial charge >= 0.3 is 0 Å². The van der Waals surface area contributed by atoms with Gasteiger partial charge in [-0.1, -0.05) is 11.6 Å². The van der Waals surface area contributed by atoms with Crippen molar-refractivity contribution in [2.24, 2.45) is 5.92 Å². The molecule has 3 aliphatic rings. The summed E-state index contributed by atoms with van der Waals surface area (Å²) >= 11 is 7.83. The largest absolute Gasteiger partial charge is 0.448 e. The van der Waals surface area contributed by atoms with Crippen LogP contribution in [0.3, 0.4) is 0 Å². The number of benzene rings is 1. The van der Waals surface area contributed by atoms with Gasteiger partial charge in [0.15, 0.2) is 11.5 Å². The first kappa shape index (κ1) is 24.8. The fourth-order valence-corrected chi connectivity index (χ4v) is 6.46. The molecule has 206 valence electrons. The minimum atomic E-state index is -2.43. The molecule has 0 unspecified atom stereocenters. The van der Waals surface area contributed by atoms with E-state index in [9.17, 15) is 9.59 Å². The number of nitrogens with one attached hydrogen (secondary N) is 2. The summed E-state index contributed by atoms with van der Waals surface area (Å²) in [6.45, 7) is 6.59. The van der Waals surface area contributed by atoms with Gasteiger partial charge in [0.1, 0.15) is 0 Å². The molecule has 0 aliphatic carbocycles. The van der Waals surface area contributed by atoms with Gasteiger partial charge in [-0.05, 0) is 71.0 Å². The van der Waals surface area contributed by atoms with E-state index < -0.39 is 23.8 Å². The number of fused-ring (bicyclic) bond motifs is 1. The Morgan fingerprint density at radius 1 is 1.26 bits per heavy atom. The number of aryl methyl sites for hydroxylation is 1. The van der Waals surface area contributed by atoms with Gasteiger partial charge < -0.3 is 29.4 Å². The zero-order valence-corrected chi connectivity index (χ0v) is 23.8. The molecule has 8 nitrogen and oxygen atoms in total. The number of H-pyrrole nitrogens is 1. The zero-order valence-electron chi connectivity index (χ0n) is 24.2. The highest BCUT2D eigenvalue weighted by atomic mass is 35.5. The molecule has 1 aromatic carbocycles. The second-order valence-electron chi connectivity index (χ2n) is 10.4. The number of carbonyl (C=O) groups is 1. The Balaban J connectivity index is 1.32. The van der Waals surface area contributed by atoms with Crippen molar-refractivity contribution in [3.8, 4) is 11.5 Å². The van der Waals surface area contributed by atoms with Crippen LogP contribution < -0.4 is 20.3 Å². The Labute approximate surface area is 235 Å². The van der Waals surface area contributed by atoms with Gasteiger partial charge in [0.05, 0.1) is 13.9 Å². The SMILES string of the molecule is [2H]C([2H])(NC(=O)c1cc(Cl)c2c(c1C)O[C@@](C)(C1CCN(C[C@H]3CCCO3)CC1)O2)c1c(SC)cc(C)[nH]c1=O. The number of carbonyl (C=O) groups excluding carboxylic acids is 1. The molecule has 2 N–H and O–H groups in total. The quantitative estimate of drug-likeness (QED) is 0.473. The van der Waals surface area contributed by atoms with Crippen molar-refractivity contribution < 1.29 is 21.7 Å². The van der Waals surface area contributed by atoms with Gasteiger partial charge in [0.25, 0.3) is 17.3 Å². The molecule has 0 bridgehead atoms. The van der Waals surface area contributed by atoms with Gasteiger partial charge in [-0.2, -0.15) is 0 Å². The van der Waals surface area contributed by atoms with Crippen molar-refractivity contribution in [2.45, 2.75) is 69.7 Å². The van der Waals surface area contributed by atoms with Gasteiger partial charge in [-0.25, -0.2) is 0 Å². The monoisotopic (exact) mass is 563 g/mol. The van der Waals surface area contributed by atoms with Gasteiger partial charge in [0, 0.05) is 59.8 Å². The smallest absolute Gasteiger partial charge is 0.254 e. The molecule has 10 heteroatoms. The van der Waals surface area contributed by atoms with Crippen molar-refractivity contribution in [2.75, 3.05) is 32.5 Å². The summed E-state index contributed by atoms with van der Waals surface area (Å²) in [4.78, 5) is 31.6. The minimum Gasteiger partial charge on any atom is -0.448 e. The normalized spacial score (nSPS) is 24.8. The van der Waals surface area contributed by atoms with Crippen LogP contribution in [0.5, 0.6) is 11.5 Å². The number of aromatic amines is 1. The van der Waals surface area contributed by atoms with E-state index in [1.54, 1.807) is 26.2 Å². The summed E-state index contributed by atoms with van der Waals surface area (Å²) in [5, 5.41) is 2.60. The lowest BCUT2D eigenvalue weighted by molar-refractivity contribution is -0.126. The van der Waals surface area contributed by atoms with Crippen LogP contribution in [0.15, 0.2) is 21.8 Å². The van der Waals surface area contributed by atoms with Crippen molar-refractivity contribution >= 4 is 29.3 Å². The zero-order chi connectivity index (χ0) is 28.8. The maximum Gasteiger partial charge on any atom is 0.254 e. The Morgan fingerprint density at radius 2 is 2.00 bits per heavy atom. The van der Waals surface area contributed by atoms with E-state index in [1.165, 1.54) is 17.8 Å². The predicted molar refractivity (Wildman–Crippen MR) is 149 cm³/mol. The molecule has 38 heavy (non-hydrogen) atoms. The fraction of sp³-hybridized carbons (Fsp3) is 0.571. The maximum absolute atomic E-state index is 13.4. The molecule has 0 radical (unpaired) electrons. The van der Waals surface area contributed by atoms with Crippen LogP contribution in [0.4, 0.5) is 0 Å². The van der Waals surface area contributed by atoms with Crippen LogP contribution in [0, 0.1) is 19.8 Å². The first-order valence-electron chi connectivity index (χ1n) is 14.1. The molecule has 1 aromatic heterocycles. The Hall–Kier alpha value is -2.20. The third kappa shape index (κ3) is 5.43. The minimum absolute atomic E-state index is 0.126. The lowest BCUT2D eigenvalue weighted by atomic mass is 9.89. The second-order valence-corrected chi connectivity index (χ2v) is 11.7. The highest BCUT2D eigenvalue weighted by Crippen LogP contribution is 2.51. The van der Waals surface area contributed by atoms with Crippen molar-refractivity contribution in [1.82, 2.24) is 15.2 Å². The molecule has 2 aromatic rings. The lowest BCUT2D eigenvalue weighted by Crippen LogP contribution is -2.49. The van der Waals surface area contributed by atoms with E-state index in [0.717, 1.165) is 51.9 Å². The first-order chi connectivity index (χ1) is 18.9. The van der Waals surface area contributed by atoms with Crippen LogP contribution in [0.1, 0.15) is 62.5 Å². The number of pyridine rings is 1. The van der Waals surface area contributed by atoms with Crippen molar-refractivity contribution in [3.63, 3.8) is 0 Å². The van der Waals surface area contributed by atoms with Crippen molar-refractivity contribution in [3.05, 3.63) is 49.9 Å². The summed E-state index contributed by atoms with van der Waals surface area (Å²) in [7, 11) is 0. The Kier molecular flexibility index (Phi) is 7.26. The number of rotatable bonds is 7. The number of nitrogens with zero attached hydrogens (tertiary/aromatic N) is 1. The molecule has 2 fully saturated rings. The highest BCUT2D eigenvalue weighted by molar-refractivity contribution is 7.98. The number of ether oxygens (including phenoxy) is 3. The number of aromatic nitrogens is 1. The third-order valence-electron chi connectivity index (χ3n) is 7.76. The average molecular weight is 564 g/mol. The van der Waals surface area contributed by atoms with Gasteiger partial charge in [-0.3, -0.25) is 9.59 Å². The fourth-order valence-electron chi connectivity index (χ4n) is 5.59. The summed E-state index contributed by atoms with van der Waals surface area (Å²) in [6.07, 6.45) is 6.11. The molecule has 0 saturated carbocycles. The molecule has 5 rings (SSSR count). The van der Waals surface area contributed by atoms with E-state index in [0.29, 0.717) is 33.8 Å². The topological polar surface area (TPSA) is 92.9 Å². The van der Waals surface area contributed by atoms with Gasteiger partial charge in [0.2, 0.25) is 0 Å². The molecule has 4 heterocycles. The summed E-state index contributed by atoms with van der Waals surface area (Å²) in [5.74, 6) is -0.735. The van der Waals surface area contributed by atoms with Crippen LogP contribution >= 0.6 is 23.4 Å². The highest BCUT2D eigenvalue weighted by Gasteiger charge is 2.47. The number of amides is 1. The maximum atomic E-state index is 13.4. The lowest BCUT2D eigenvalue weighted by Gasteiger charge is -2.39. The number of likely N-dealkylation sites (tertiary alicyclic amines) is 1. The molecule has 2 atom stereocenters. The predicted octanol–water partition coefficient (Wildman–Crippen LogP) is 4.68. The molecule has 3 aliphatic heterocycles. The molecular formula is C28H36ClN3O5S. The van der Waals surface area contributed by atoms with E-state index >= 15 is 0 Å². The third-order valence-corrected chi connectivity index (χ3v) is 8.80. The molecule has 2 saturated heterocycles. The van der Waals surface area contributed by atoms with E-state index in [4.69, 9.17) is 28.6 Å². The number of thioether (sulfide) groups is 1. The van der Waals surface area contributed by atoms with Crippen molar-refractivity contribution in [1.29, 1.82) is 0 Å². The number of halogens is 1. The standard InChI is InChI=1S/C28H36ClN3O5S/c1-16-12-23(38-4)21(27(34)31-16)14-30-26(33)20-13-22(29)25-24(17(20)2)36-28(3,37-25)18-7-9-32(10-8-18)15-19-6-5-11-35-19/h12-13,18-19H,5-11,14-15H2,1-4H3,(H,30,33)(H,31,34)/t19-,28-/m1/s1/i14D2. The van der Waals surface area contributed by atoms with E-state index in [2.05, 4.69) is 15.2 Å². The molecular weight excluding hydrogens is 526 g/mol. The van der Waals surface area contributed by atoms with Crippen LogP contribution in [-0.2, 0) is 11.2 Å². The number of hydrogen-bond donors (Lipinski definition) is 2. The Morgan fingerprint density at radius 3 is 2.68 bits per heavy atom. The van der Waals surface area contributed by atoms with Gasteiger partial charge in [-0.15, -0.1) is 11.8 Å². The van der Waals surface area contributed by atoms with Crippen LogP contribution in [0.25, 0.3) is 0 Å². The van der Waals surface area contributed by atoms with E-state index in [-0.39, 0.29) is 22.1 Å². The summed E-state index contributed by atoms with van der Waals surface area (Å²) in [5.41, 5.74) is 0.515. The second kappa shape index (κ2) is 11.1. The average Bonchev–Trinajstić information content (AvgIpc) is 3.54. The summed E-state index contributed by atoms with van der Waals surface area (Å²) < 4.78 is 35.7. The Bertz CT molecular complexity index is 1360. The summed E-state index contributed by atoms with van der Waals surface area (Å²) in [6, 6.07) is 3.15. The van der Waals surface area contributed by atoms with E-state index in [1.807, 2.05) is 6.92 Å². The number of piperidine rings is 1.